The maximum atomic E-state index is 13.0. The predicted octanol–water partition coefficient (Wildman–Crippen LogP) is 5.32. The second kappa shape index (κ2) is 9.37. The number of benzene rings is 2. The van der Waals surface area contributed by atoms with E-state index in [4.69, 9.17) is 21.6 Å². The number of nitriles is 1. The Morgan fingerprint density at radius 2 is 2.00 bits per heavy atom. The zero-order valence-corrected chi connectivity index (χ0v) is 17.3. The number of rotatable bonds is 7. The van der Waals surface area contributed by atoms with Crippen molar-refractivity contribution in [1.82, 2.24) is 4.98 Å². The first-order chi connectivity index (χ1) is 14.0. The predicted molar refractivity (Wildman–Crippen MR) is 116 cm³/mol. The Bertz CT molecular complexity index is 1040. The standard InChI is InChI=1S/C22H18ClN3O2S/c1-3-12-26(21(27)15(2)28-19-10-4-16(13-24)5-11-19)22-25-20(14-29-22)17-6-8-18(23)9-7-17/h3-11,14-15H,1,12H2,2H3/t15-/m1/s1. The van der Waals surface area contributed by atoms with E-state index in [0.717, 1.165) is 11.3 Å². The fourth-order valence-electron chi connectivity index (χ4n) is 2.61. The summed E-state index contributed by atoms with van der Waals surface area (Å²) >= 11 is 7.32. The largest absolute Gasteiger partial charge is 0.481 e. The van der Waals surface area contributed by atoms with E-state index in [1.165, 1.54) is 11.3 Å². The molecule has 0 bridgehead atoms. The van der Waals surface area contributed by atoms with Crippen molar-refractivity contribution in [2.24, 2.45) is 0 Å². The Labute approximate surface area is 178 Å². The summed E-state index contributed by atoms with van der Waals surface area (Å²) in [6.07, 6.45) is 0.918. The molecule has 5 nitrogen and oxygen atoms in total. The molecule has 2 aromatic carbocycles. The smallest absolute Gasteiger partial charge is 0.269 e. The Morgan fingerprint density at radius 1 is 1.31 bits per heavy atom. The van der Waals surface area contributed by atoms with Crippen LogP contribution < -0.4 is 9.64 Å². The highest BCUT2D eigenvalue weighted by Gasteiger charge is 2.25. The van der Waals surface area contributed by atoms with Crippen molar-refractivity contribution in [3.63, 3.8) is 0 Å². The third-order valence-corrected chi connectivity index (χ3v) is 5.20. The van der Waals surface area contributed by atoms with E-state index in [1.54, 1.807) is 54.3 Å². The average Bonchev–Trinajstić information content (AvgIpc) is 3.22. The van der Waals surface area contributed by atoms with Crippen LogP contribution in [0.25, 0.3) is 11.3 Å². The summed E-state index contributed by atoms with van der Waals surface area (Å²) in [5.41, 5.74) is 2.22. The number of carbonyl (C=O) groups excluding carboxylic acids is 1. The molecule has 146 valence electrons. The van der Waals surface area contributed by atoms with Crippen molar-refractivity contribution in [1.29, 1.82) is 5.26 Å². The van der Waals surface area contributed by atoms with Gasteiger partial charge < -0.3 is 4.74 Å². The van der Waals surface area contributed by atoms with Crippen molar-refractivity contribution >= 4 is 34.0 Å². The van der Waals surface area contributed by atoms with Gasteiger partial charge in [-0.1, -0.05) is 29.8 Å². The van der Waals surface area contributed by atoms with Crippen LogP contribution in [0.15, 0.2) is 66.6 Å². The second-order valence-corrected chi connectivity index (χ2v) is 7.43. The van der Waals surface area contributed by atoms with Gasteiger partial charge in [-0.15, -0.1) is 17.9 Å². The second-order valence-electron chi connectivity index (χ2n) is 6.16. The van der Waals surface area contributed by atoms with Crippen molar-refractivity contribution in [2.45, 2.75) is 13.0 Å². The van der Waals surface area contributed by atoms with Crippen LogP contribution in [0.3, 0.4) is 0 Å². The molecule has 0 saturated carbocycles. The summed E-state index contributed by atoms with van der Waals surface area (Å²) in [6.45, 7) is 5.74. The van der Waals surface area contributed by atoms with Gasteiger partial charge in [0.1, 0.15) is 5.75 Å². The lowest BCUT2D eigenvalue weighted by molar-refractivity contribution is -0.124. The van der Waals surface area contributed by atoms with Gasteiger partial charge in [0, 0.05) is 22.5 Å². The number of halogens is 1. The molecule has 1 aromatic heterocycles. The van der Waals surface area contributed by atoms with Crippen LogP contribution in [0.2, 0.25) is 5.02 Å². The molecule has 0 radical (unpaired) electrons. The van der Waals surface area contributed by atoms with Gasteiger partial charge >= 0.3 is 0 Å². The first-order valence-corrected chi connectivity index (χ1v) is 10.1. The third-order valence-electron chi connectivity index (χ3n) is 4.08. The lowest BCUT2D eigenvalue weighted by Gasteiger charge is -2.22. The Hall–Kier alpha value is -3.14. The lowest BCUT2D eigenvalue weighted by Crippen LogP contribution is -2.40. The van der Waals surface area contributed by atoms with Crippen molar-refractivity contribution in [2.75, 3.05) is 11.4 Å². The van der Waals surface area contributed by atoms with Crippen LogP contribution in [0.5, 0.6) is 5.75 Å². The van der Waals surface area contributed by atoms with E-state index in [-0.39, 0.29) is 5.91 Å². The summed E-state index contributed by atoms with van der Waals surface area (Å²) in [4.78, 5) is 19.2. The molecule has 0 aliphatic rings. The topological polar surface area (TPSA) is 66.2 Å². The summed E-state index contributed by atoms with van der Waals surface area (Å²) in [5.74, 6) is 0.288. The first-order valence-electron chi connectivity index (χ1n) is 8.82. The van der Waals surface area contributed by atoms with Crippen LogP contribution >= 0.6 is 22.9 Å². The molecule has 0 aliphatic heterocycles. The van der Waals surface area contributed by atoms with Crippen molar-refractivity contribution in [3.05, 3.63) is 77.2 Å². The maximum Gasteiger partial charge on any atom is 0.269 e. The molecule has 0 N–H and O–H groups in total. The van der Waals surface area contributed by atoms with E-state index in [1.807, 2.05) is 23.6 Å². The van der Waals surface area contributed by atoms with Gasteiger partial charge in [-0.25, -0.2) is 4.98 Å². The van der Waals surface area contributed by atoms with Crippen LogP contribution in [0.4, 0.5) is 5.13 Å². The Balaban J connectivity index is 1.77. The summed E-state index contributed by atoms with van der Waals surface area (Å²) in [7, 11) is 0. The van der Waals surface area contributed by atoms with Crippen LogP contribution in [0, 0.1) is 11.3 Å². The van der Waals surface area contributed by atoms with Crippen LogP contribution in [0.1, 0.15) is 12.5 Å². The highest BCUT2D eigenvalue weighted by atomic mass is 35.5. The molecule has 29 heavy (non-hydrogen) atoms. The molecule has 0 spiro atoms. The number of amides is 1. The molecule has 0 saturated heterocycles. The molecule has 0 aliphatic carbocycles. The van der Waals surface area contributed by atoms with Gasteiger partial charge in [0.05, 0.1) is 17.3 Å². The van der Waals surface area contributed by atoms with E-state index in [9.17, 15) is 4.79 Å². The summed E-state index contributed by atoms with van der Waals surface area (Å²) in [6, 6.07) is 16.1. The molecule has 1 heterocycles. The normalized spacial score (nSPS) is 11.3. The molecule has 0 unspecified atom stereocenters. The number of nitrogens with zero attached hydrogens (tertiary/aromatic N) is 3. The van der Waals surface area contributed by atoms with Crippen molar-refractivity contribution in [3.8, 4) is 23.1 Å². The average molecular weight is 424 g/mol. The number of ether oxygens (including phenoxy) is 1. The molecular weight excluding hydrogens is 406 g/mol. The minimum Gasteiger partial charge on any atom is -0.481 e. The summed E-state index contributed by atoms with van der Waals surface area (Å²) in [5, 5.41) is 12.0. The lowest BCUT2D eigenvalue weighted by atomic mass is 10.2. The van der Waals surface area contributed by atoms with E-state index in [0.29, 0.717) is 28.0 Å². The zero-order valence-electron chi connectivity index (χ0n) is 15.7. The number of carbonyl (C=O) groups is 1. The minimum absolute atomic E-state index is 0.230. The van der Waals surface area contributed by atoms with E-state index >= 15 is 0 Å². The van der Waals surface area contributed by atoms with Gasteiger partial charge in [-0.05, 0) is 43.3 Å². The Morgan fingerprint density at radius 3 is 2.62 bits per heavy atom. The SMILES string of the molecule is C=CCN(C(=O)[C@@H](C)Oc1ccc(C#N)cc1)c1nc(-c2ccc(Cl)cc2)cs1. The van der Waals surface area contributed by atoms with E-state index < -0.39 is 6.10 Å². The molecule has 1 amide bonds. The molecular formula is C22H18ClN3O2S. The van der Waals surface area contributed by atoms with E-state index in [2.05, 4.69) is 11.6 Å². The van der Waals surface area contributed by atoms with Gasteiger partial charge in [-0.2, -0.15) is 5.26 Å². The maximum absolute atomic E-state index is 13.0. The highest BCUT2D eigenvalue weighted by molar-refractivity contribution is 7.14. The quantitative estimate of drug-likeness (QED) is 0.482. The van der Waals surface area contributed by atoms with Gasteiger partial charge in [-0.3, -0.25) is 9.69 Å². The van der Waals surface area contributed by atoms with Gasteiger partial charge in [0.15, 0.2) is 11.2 Å². The summed E-state index contributed by atoms with van der Waals surface area (Å²) < 4.78 is 5.76. The molecule has 1 atom stereocenters. The number of hydrogen-bond acceptors (Lipinski definition) is 5. The molecule has 3 rings (SSSR count). The monoisotopic (exact) mass is 423 g/mol. The molecule has 7 heteroatoms. The van der Waals surface area contributed by atoms with Gasteiger partial charge in [0.25, 0.3) is 5.91 Å². The van der Waals surface area contributed by atoms with Gasteiger partial charge in [0.2, 0.25) is 0 Å². The third kappa shape index (κ3) is 5.02. The number of hydrogen-bond donors (Lipinski definition) is 0. The number of anilines is 1. The first kappa shape index (κ1) is 20.6. The van der Waals surface area contributed by atoms with Crippen LogP contribution in [-0.4, -0.2) is 23.5 Å². The minimum atomic E-state index is -0.731. The fourth-order valence-corrected chi connectivity index (χ4v) is 3.59. The molecule has 0 fully saturated rings. The van der Waals surface area contributed by atoms with Crippen molar-refractivity contribution < 1.29 is 9.53 Å². The van der Waals surface area contributed by atoms with Crippen LogP contribution in [-0.2, 0) is 4.79 Å². The fraction of sp³-hybridized carbons (Fsp3) is 0.136. The highest BCUT2D eigenvalue weighted by Crippen LogP contribution is 2.29. The zero-order chi connectivity index (χ0) is 20.8. The number of thiazole rings is 1. The number of aromatic nitrogens is 1. The Kier molecular flexibility index (Phi) is 6.65. The molecule has 3 aromatic rings.